The van der Waals surface area contributed by atoms with Crippen molar-refractivity contribution in [1.82, 2.24) is 4.90 Å². The minimum atomic E-state index is -0.494. The fourth-order valence-electron chi connectivity index (χ4n) is 2.87. The Morgan fingerprint density at radius 3 is 2.52 bits per heavy atom. The molecule has 5 nitrogen and oxygen atoms in total. The number of hydrogen-bond donors (Lipinski definition) is 1. The summed E-state index contributed by atoms with van der Waals surface area (Å²) in [6.07, 6.45) is 0. The molecule has 0 saturated heterocycles. The maximum atomic E-state index is 12.7. The molecule has 0 radical (unpaired) electrons. The molecular formula is C18H19N3O2. The Morgan fingerprint density at radius 1 is 1.17 bits per heavy atom. The third-order valence-corrected chi connectivity index (χ3v) is 4.35. The highest BCUT2D eigenvalue weighted by Crippen LogP contribution is 2.37. The molecule has 0 saturated carbocycles. The van der Waals surface area contributed by atoms with Gasteiger partial charge in [0.1, 0.15) is 0 Å². The van der Waals surface area contributed by atoms with E-state index in [2.05, 4.69) is 0 Å². The highest BCUT2D eigenvalue weighted by atomic mass is 16.2. The zero-order valence-corrected chi connectivity index (χ0v) is 13.2. The lowest BCUT2D eigenvalue weighted by atomic mass is 9.98. The van der Waals surface area contributed by atoms with Gasteiger partial charge in [-0.05, 0) is 30.2 Å². The first-order valence-corrected chi connectivity index (χ1v) is 7.51. The second-order valence-corrected chi connectivity index (χ2v) is 5.78. The molecule has 3 rings (SSSR count). The summed E-state index contributed by atoms with van der Waals surface area (Å²) in [5, 5.41) is 0. The van der Waals surface area contributed by atoms with E-state index < -0.39 is 5.91 Å². The van der Waals surface area contributed by atoms with Gasteiger partial charge in [-0.25, -0.2) is 4.79 Å². The van der Waals surface area contributed by atoms with Gasteiger partial charge in [-0.1, -0.05) is 36.4 Å². The summed E-state index contributed by atoms with van der Waals surface area (Å²) in [6.45, 7) is 2.42. The van der Waals surface area contributed by atoms with Crippen LogP contribution in [0.25, 0.3) is 0 Å². The van der Waals surface area contributed by atoms with Crippen LogP contribution in [-0.2, 0) is 6.54 Å². The van der Waals surface area contributed by atoms with Crippen molar-refractivity contribution in [3.63, 3.8) is 0 Å². The largest absolute Gasteiger partial charge is 0.366 e. The maximum absolute atomic E-state index is 12.7. The van der Waals surface area contributed by atoms with Crippen LogP contribution in [0.5, 0.6) is 0 Å². The van der Waals surface area contributed by atoms with Gasteiger partial charge in [0.2, 0.25) is 5.91 Å². The quantitative estimate of drug-likeness (QED) is 0.947. The van der Waals surface area contributed by atoms with Gasteiger partial charge in [-0.2, -0.15) is 0 Å². The maximum Gasteiger partial charge on any atom is 0.325 e. The van der Waals surface area contributed by atoms with Crippen LogP contribution in [0.4, 0.5) is 10.5 Å². The van der Waals surface area contributed by atoms with Gasteiger partial charge < -0.3 is 10.6 Å². The Labute approximate surface area is 135 Å². The number of nitrogens with two attached hydrogens (primary N) is 1. The zero-order valence-electron chi connectivity index (χ0n) is 13.2. The molecule has 2 aromatic rings. The first kappa shape index (κ1) is 15.1. The molecule has 1 aliphatic rings. The van der Waals surface area contributed by atoms with Crippen LogP contribution in [0.15, 0.2) is 48.5 Å². The lowest BCUT2D eigenvalue weighted by molar-refractivity contribution is 0.1000. The van der Waals surface area contributed by atoms with E-state index in [0.717, 1.165) is 16.8 Å². The molecular weight excluding hydrogens is 290 g/mol. The molecule has 0 aromatic heterocycles. The number of nitrogens with zero attached hydrogens (tertiary/aromatic N) is 2. The van der Waals surface area contributed by atoms with E-state index in [0.29, 0.717) is 12.1 Å². The van der Waals surface area contributed by atoms with Crippen LogP contribution in [0.1, 0.15) is 34.5 Å². The Hall–Kier alpha value is -2.82. The van der Waals surface area contributed by atoms with Crippen molar-refractivity contribution in [3.8, 4) is 0 Å². The molecule has 2 aromatic carbocycles. The number of benzene rings is 2. The second-order valence-electron chi connectivity index (χ2n) is 5.78. The number of carbonyl (C=O) groups is 2. The molecule has 1 unspecified atom stereocenters. The monoisotopic (exact) mass is 309 g/mol. The zero-order chi connectivity index (χ0) is 16.6. The number of carbonyl (C=O) groups excluding carboxylic acids is 2. The van der Waals surface area contributed by atoms with Crippen LogP contribution < -0.4 is 10.6 Å². The first-order valence-electron chi connectivity index (χ1n) is 7.51. The summed E-state index contributed by atoms with van der Waals surface area (Å²) >= 11 is 0. The smallest absolute Gasteiger partial charge is 0.325 e. The lowest BCUT2D eigenvalue weighted by Gasteiger charge is -2.39. The highest BCUT2D eigenvalue weighted by Gasteiger charge is 2.33. The van der Waals surface area contributed by atoms with E-state index in [4.69, 9.17) is 5.73 Å². The van der Waals surface area contributed by atoms with Gasteiger partial charge in [0.15, 0.2) is 0 Å². The van der Waals surface area contributed by atoms with Gasteiger partial charge in [-0.3, -0.25) is 9.69 Å². The van der Waals surface area contributed by atoms with Gasteiger partial charge in [-0.15, -0.1) is 0 Å². The van der Waals surface area contributed by atoms with Crippen molar-refractivity contribution in [1.29, 1.82) is 0 Å². The number of hydrogen-bond acceptors (Lipinski definition) is 2. The van der Waals surface area contributed by atoms with Crippen LogP contribution in [0.3, 0.4) is 0 Å². The Bertz CT molecular complexity index is 758. The summed E-state index contributed by atoms with van der Waals surface area (Å²) in [6, 6.07) is 14.9. The SMILES string of the molecule is CC1c2ccc(C(N)=O)cc2N(Cc2ccccc2)C(=O)N1C. The first-order chi connectivity index (χ1) is 11.0. The van der Waals surface area contributed by atoms with Crippen molar-refractivity contribution >= 4 is 17.6 Å². The summed E-state index contributed by atoms with van der Waals surface area (Å²) in [5.74, 6) is -0.494. The van der Waals surface area contributed by atoms with Crippen LogP contribution in [0, 0.1) is 0 Å². The van der Waals surface area contributed by atoms with Gasteiger partial charge >= 0.3 is 6.03 Å². The van der Waals surface area contributed by atoms with Gasteiger partial charge in [0.25, 0.3) is 0 Å². The third-order valence-electron chi connectivity index (χ3n) is 4.35. The molecule has 2 N–H and O–H groups in total. The Morgan fingerprint density at radius 2 is 1.87 bits per heavy atom. The molecule has 5 heteroatoms. The van der Waals surface area contributed by atoms with E-state index in [9.17, 15) is 9.59 Å². The van der Waals surface area contributed by atoms with Crippen molar-refractivity contribution in [2.24, 2.45) is 5.73 Å². The number of primary amides is 1. The molecule has 0 spiro atoms. The van der Waals surface area contributed by atoms with E-state index in [1.165, 1.54) is 0 Å². The van der Waals surface area contributed by atoms with Crippen LogP contribution in [0.2, 0.25) is 0 Å². The summed E-state index contributed by atoms with van der Waals surface area (Å²) in [5.41, 5.74) is 8.58. The topological polar surface area (TPSA) is 66.6 Å². The minimum Gasteiger partial charge on any atom is -0.366 e. The molecule has 3 amide bonds. The van der Waals surface area contributed by atoms with E-state index in [1.54, 1.807) is 29.0 Å². The van der Waals surface area contributed by atoms with Crippen molar-refractivity contribution in [3.05, 3.63) is 65.2 Å². The number of amides is 3. The fourth-order valence-corrected chi connectivity index (χ4v) is 2.87. The van der Waals surface area contributed by atoms with E-state index >= 15 is 0 Å². The lowest BCUT2D eigenvalue weighted by Crippen LogP contribution is -2.46. The summed E-state index contributed by atoms with van der Waals surface area (Å²) < 4.78 is 0. The van der Waals surface area contributed by atoms with E-state index in [-0.39, 0.29) is 12.1 Å². The predicted octanol–water partition coefficient (Wildman–Crippen LogP) is 2.92. The molecule has 0 aliphatic carbocycles. The molecule has 1 aliphatic heterocycles. The number of anilines is 1. The third kappa shape index (κ3) is 2.65. The number of urea groups is 1. The summed E-state index contributed by atoms with van der Waals surface area (Å²) in [4.78, 5) is 27.6. The Balaban J connectivity index is 2.08. The number of fused-ring (bicyclic) bond motifs is 1. The van der Waals surface area contributed by atoms with Crippen LogP contribution in [-0.4, -0.2) is 23.9 Å². The fraction of sp³-hybridized carbons (Fsp3) is 0.222. The summed E-state index contributed by atoms with van der Waals surface area (Å²) in [7, 11) is 1.79. The molecule has 118 valence electrons. The number of rotatable bonds is 3. The molecule has 0 bridgehead atoms. The van der Waals surface area contributed by atoms with Gasteiger partial charge in [0.05, 0.1) is 18.3 Å². The average Bonchev–Trinajstić information content (AvgIpc) is 2.57. The van der Waals surface area contributed by atoms with Crippen molar-refractivity contribution in [2.45, 2.75) is 19.5 Å². The average molecular weight is 309 g/mol. The second kappa shape index (κ2) is 5.76. The molecule has 1 heterocycles. The van der Waals surface area contributed by atoms with Crippen molar-refractivity contribution in [2.75, 3.05) is 11.9 Å². The Kier molecular flexibility index (Phi) is 3.78. The minimum absolute atomic E-state index is 0.0496. The predicted molar refractivity (Wildman–Crippen MR) is 89.2 cm³/mol. The standard InChI is InChI=1S/C18H19N3O2/c1-12-15-9-8-14(17(19)22)10-16(15)21(18(23)20(12)2)11-13-6-4-3-5-7-13/h3-10,12H,11H2,1-2H3,(H2,19,22). The molecule has 0 fully saturated rings. The molecule has 23 heavy (non-hydrogen) atoms. The van der Waals surface area contributed by atoms with Gasteiger partial charge in [0, 0.05) is 12.6 Å². The normalized spacial score (nSPS) is 17.1. The highest BCUT2D eigenvalue weighted by molar-refractivity contribution is 5.99. The molecule has 1 atom stereocenters. The van der Waals surface area contributed by atoms with E-state index in [1.807, 2.05) is 43.3 Å². The van der Waals surface area contributed by atoms with Crippen LogP contribution >= 0.6 is 0 Å². The van der Waals surface area contributed by atoms with Crippen molar-refractivity contribution < 1.29 is 9.59 Å².